The number of hydrogen-bond acceptors (Lipinski definition) is 4. The van der Waals surface area contributed by atoms with E-state index in [1.807, 2.05) is 37.4 Å². The fraction of sp³-hybridized carbons (Fsp3) is 0.412. The lowest BCUT2D eigenvalue weighted by Gasteiger charge is -2.14. The lowest BCUT2D eigenvalue weighted by molar-refractivity contribution is 0.287. The number of aliphatic imine (C=N–C) groups is 1. The van der Waals surface area contributed by atoms with E-state index in [1.54, 1.807) is 7.11 Å². The molecule has 22 heavy (non-hydrogen) atoms. The summed E-state index contributed by atoms with van der Waals surface area (Å²) in [5.74, 6) is 0.729. The maximum Gasteiger partial charge on any atom is 0.208 e. The van der Waals surface area contributed by atoms with Crippen LogP contribution in [0.25, 0.3) is 5.52 Å². The molecule has 0 spiro atoms. The van der Waals surface area contributed by atoms with Gasteiger partial charge in [-0.2, -0.15) is 5.10 Å². The van der Waals surface area contributed by atoms with Crippen molar-refractivity contribution in [3.05, 3.63) is 41.0 Å². The summed E-state index contributed by atoms with van der Waals surface area (Å²) in [6.45, 7) is 10.1. The molecule has 1 unspecified atom stereocenters. The molecule has 2 aromatic rings. The van der Waals surface area contributed by atoms with Crippen molar-refractivity contribution in [1.29, 1.82) is 0 Å². The van der Waals surface area contributed by atoms with Crippen LogP contribution < -0.4 is 5.73 Å². The van der Waals surface area contributed by atoms with Gasteiger partial charge in [0.1, 0.15) is 0 Å². The molecule has 0 saturated carbocycles. The van der Waals surface area contributed by atoms with Crippen LogP contribution in [0.4, 0.5) is 5.69 Å². The molecule has 2 N–H and O–H groups in total. The second kappa shape index (κ2) is 6.22. The van der Waals surface area contributed by atoms with Crippen LogP contribution in [0, 0.1) is 13.8 Å². The van der Waals surface area contributed by atoms with Crippen molar-refractivity contribution >= 4 is 16.9 Å². The smallest absolute Gasteiger partial charge is 0.208 e. The molecule has 1 atom stereocenters. The van der Waals surface area contributed by atoms with E-state index < -0.39 is 0 Å². The van der Waals surface area contributed by atoms with E-state index in [2.05, 4.69) is 30.0 Å². The van der Waals surface area contributed by atoms with Crippen LogP contribution in [0.5, 0.6) is 0 Å². The average molecular weight is 300 g/mol. The molecule has 0 saturated heterocycles. The van der Waals surface area contributed by atoms with E-state index in [4.69, 9.17) is 10.5 Å². The number of nitrogen functional groups attached to an aromatic ring is 1. The first-order chi connectivity index (χ1) is 10.4. The molecule has 118 valence electrons. The van der Waals surface area contributed by atoms with Gasteiger partial charge in [-0.15, -0.1) is 0 Å². The summed E-state index contributed by atoms with van der Waals surface area (Å²) in [6, 6.07) is 3.97. The molecule has 0 aliphatic heterocycles. The summed E-state index contributed by atoms with van der Waals surface area (Å²) in [7, 11) is 1.63. The summed E-state index contributed by atoms with van der Waals surface area (Å²) in [6.07, 6.45) is 1.85. The lowest BCUT2D eigenvalue weighted by Crippen LogP contribution is -2.12. The Morgan fingerprint density at radius 1 is 1.41 bits per heavy atom. The second-order valence-electron chi connectivity index (χ2n) is 5.56. The van der Waals surface area contributed by atoms with Gasteiger partial charge in [-0.1, -0.05) is 6.92 Å². The SMILES string of the molecule is C/C=C(\N=C(\C)C(C)c1c(C)cc2c(N)cc(C)nn12)OC. The minimum Gasteiger partial charge on any atom is -0.481 e. The molecule has 5 nitrogen and oxygen atoms in total. The first-order valence-electron chi connectivity index (χ1n) is 7.39. The van der Waals surface area contributed by atoms with Crippen LogP contribution in [0.2, 0.25) is 0 Å². The molecular weight excluding hydrogens is 276 g/mol. The minimum absolute atomic E-state index is 0.112. The number of allylic oxidation sites excluding steroid dienone is 1. The topological polar surface area (TPSA) is 64.9 Å². The van der Waals surface area contributed by atoms with Gasteiger partial charge in [-0.25, -0.2) is 9.51 Å². The molecule has 0 fully saturated rings. The Morgan fingerprint density at radius 2 is 2.09 bits per heavy atom. The molecule has 2 aromatic heterocycles. The van der Waals surface area contributed by atoms with E-state index in [0.717, 1.165) is 33.9 Å². The Kier molecular flexibility index (Phi) is 4.54. The largest absolute Gasteiger partial charge is 0.481 e. The monoisotopic (exact) mass is 300 g/mol. The molecule has 0 bridgehead atoms. The van der Waals surface area contributed by atoms with E-state index in [0.29, 0.717) is 5.88 Å². The third-order valence-corrected chi connectivity index (χ3v) is 3.91. The predicted octanol–water partition coefficient (Wildman–Crippen LogP) is 3.61. The Labute approximate surface area is 131 Å². The number of anilines is 1. The summed E-state index contributed by atoms with van der Waals surface area (Å²) in [5.41, 5.74) is 11.9. The van der Waals surface area contributed by atoms with Gasteiger partial charge >= 0.3 is 0 Å². The van der Waals surface area contributed by atoms with Crippen molar-refractivity contribution in [2.75, 3.05) is 12.8 Å². The van der Waals surface area contributed by atoms with Crippen LogP contribution in [-0.2, 0) is 4.74 Å². The van der Waals surface area contributed by atoms with Gasteiger partial charge < -0.3 is 10.5 Å². The molecule has 2 heterocycles. The standard InChI is InChI=1S/C17H24N4O/c1-7-16(22-6)19-13(5)12(4)17-10(2)8-15-14(18)9-11(3)20-21(15)17/h7-9,12H,18H2,1-6H3/b16-7+,19-13-. The lowest BCUT2D eigenvalue weighted by atomic mass is 10.00. The number of aryl methyl sites for hydroxylation is 2. The number of ether oxygens (including phenoxy) is 1. The first-order valence-corrected chi connectivity index (χ1v) is 7.39. The fourth-order valence-corrected chi connectivity index (χ4v) is 2.66. The van der Waals surface area contributed by atoms with Crippen molar-refractivity contribution in [2.45, 2.75) is 40.5 Å². The highest BCUT2D eigenvalue weighted by atomic mass is 16.5. The van der Waals surface area contributed by atoms with Crippen molar-refractivity contribution in [2.24, 2.45) is 4.99 Å². The van der Waals surface area contributed by atoms with Crippen molar-refractivity contribution in [3.63, 3.8) is 0 Å². The van der Waals surface area contributed by atoms with Crippen LogP contribution in [0.1, 0.15) is 43.6 Å². The summed E-state index contributed by atoms with van der Waals surface area (Å²) in [5, 5.41) is 4.62. The first kappa shape index (κ1) is 16.1. The molecule has 0 radical (unpaired) electrons. The molecule has 0 aliphatic carbocycles. The quantitative estimate of drug-likeness (QED) is 0.693. The number of hydrogen-bond donors (Lipinski definition) is 1. The van der Waals surface area contributed by atoms with Gasteiger partial charge in [0, 0.05) is 11.6 Å². The second-order valence-corrected chi connectivity index (χ2v) is 5.56. The number of rotatable bonds is 4. The summed E-state index contributed by atoms with van der Waals surface area (Å²) < 4.78 is 7.16. The number of fused-ring (bicyclic) bond motifs is 1. The van der Waals surface area contributed by atoms with E-state index in [1.165, 1.54) is 0 Å². The zero-order valence-electron chi connectivity index (χ0n) is 14.1. The highest BCUT2D eigenvalue weighted by Gasteiger charge is 2.19. The minimum atomic E-state index is 0.112. The molecule has 2 rings (SSSR count). The molecule has 0 amide bonds. The Hall–Kier alpha value is -2.30. The zero-order chi connectivity index (χ0) is 16.4. The van der Waals surface area contributed by atoms with Crippen molar-refractivity contribution in [1.82, 2.24) is 9.61 Å². The Bertz CT molecular complexity index is 756. The number of nitrogens with two attached hydrogens (primary N) is 1. The third-order valence-electron chi connectivity index (χ3n) is 3.91. The Morgan fingerprint density at radius 3 is 2.68 bits per heavy atom. The van der Waals surface area contributed by atoms with Gasteiger partial charge in [0.15, 0.2) is 0 Å². The highest BCUT2D eigenvalue weighted by Crippen LogP contribution is 2.27. The van der Waals surface area contributed by atoms with Crippen LogP contribution in [-0.4, -0.2) is 22.4 Å². The van der Waals surface area contributed by atoms with Gasteiger partial charge in [0.2, 0.25) is 5.88 Å². The average Bonchev–Trinajstić information content (AvgIpc) is 2.80. The van der Waals surface area contributed by atoms with Crippen LogP contribution >= 0.6 is 0 Å². The molecule has 0 aliphatic rings. The van der Waals surface area contributed by atoms with Gasteiger partial charge in [0.25, 0.3) is 0 Å². The zero-order valence-corrected chi connectivity index (χ0v) is 14.1. The van der Waals surface area contributed by atoms with Gasteiger partial charge in [0.05, 0.1) is 29.7 Å². The van der Waals surface area contributed by atoms with Crippen molar-refractivity contribution in [3.8, 4) is 0 Å². The van der Waals surface area contributed by atoms with Gasteiger partial charge in [-0.05, 0) is 51.5 Å². The number of aromatic nitrogens is 2. The summed E-state index contributed by atoms with van der Waals surface area (Å²) in [4.78, 5) is 4.55. The fourth-order valence-electron chi connectivity index (χ4n) is 2.66. The normalized spacial score (nSPS) is 14.5. The molecular formula is C17H24N4O. The van der Waals surface area contributed by atoms with Crippen LogP contribution in [0.3, 0.4) is 0 Å². The Balaban J connectivity index is 2.57. The predicted molar refractivity (Wildman–Crippen MR) is 91.4 cm³/mol. The number of methoxy groups -OCH3 is 1. The van der Waals surface area contributed by atoms with E-state index in [9.17, 15) is 0 Å². The number of nitrogens with zero attached hydrogens (tertiary/aromatic N) is 3. The maximum atomic E-state index is 6.12. The van der Waals surface area contributed by atoms with E-state index in [-0.39, 0.29) is 5.92 Å². The van der Waals surface area contributed by atoms with Gasteiger partial charge in [-0.3, -0.25) is 0 Å². The van der Waals surface area contributed by atoms with Crippen molar-refractivity contribution < 1.29 is 4.74 Å². The molecule has 5 heteroatoms. The maximum absolute atomic E-state index is 6.12. The highest BCUT2D eigenvalue weighted by molar-refractivity contribution is 5.89. The molecule has 0 aromatic carbocycles. The van der Waals surface area contributed by atoms with E-state index >= 15 is 0 Å². The third kappa shape index (κ3) is 2.84. The summed E-state index contributed by atoms with van der Waals surface area (Å²) >= 11 is 0. The van der Waals surface area contributed by atoms with Crippen LogP contribution in [0.15, 0.2) is 29.1 Å².